The normalized spacial score (nSPS) is 11.9. The molecule has 7 heteroatoms. The van der Waals surface area contributed by atoms with Gasteiger partial charge in [0, 0.05) is 5.56 Å². The summed E-state index contributed by atoms with van der Waals surface area (Å²) in [5.41, 5.74) is 3.29. The maximum Gasteiger partial charge on any atom is 0.266 e. The van der Waals surface area contributed by atoms with Crippen molar-refractivity contribution in [1.82, 2.24) is 10.3 Å². The third kappa shape index (κ3) is 4.93. The molecule has 1 heterocycles. The Morgan fingerprint density at radius 2 is 1.72 bits per heavy atom. The van der Waals surface area contributed by atoms with Crippen molar-refractivity contribution in [1.29, 1.82) is 0 Å². The van der Waals surface area contributed by atoms with Crippen molar-refractivity contribution >= 4 is 11.7 Å². The number of nitrogens with zero attached hydrogens (tertiary/aromatic N) is 2. The number of hydrogen-bond donors (Lipinski definition) is 1. The largest absolute Gasteiger partial charge is 0.491 e. The van der Waals surface area contributed by atoms with Gasteiger partial charge in [0.1, 0.15) is 11.5 Å². The number of aryl methyl sites for hydroxylation is 1. The minimum atomic E-state index is -0.720. The van der Waals surface area contributed by atoms with Crippen LogP contribution in [-0.2, 0) is 4.79 Å². The van der Waals surface area contributed by atoms with E-state index in [-0.39, 0.29) is 17.8 Å². The SMILES string of the molecule is Cc1cccc(OC(C)C(=O)Nc2nonc2-c2ccc(OC(C)C)cc2)c1C. The number of rotatable bonds is 7. The molecule has 1 aromatic heterocycles. The van der Waals surface area contributed by atoms with Crippen molar-refractivity contribution < 1.29 is 18.9 Å². The van der Waals surface area contributed by atoms with Gasteiger partial charge in [-0.1, -0.05) is 12.1 Å². The molecule has 0 spiro atoms. The number of amides is 1. The maximum atomic E-state index is 12.6. The lowest BCUT2D eigenvalue weighted by atomic mass is 10.1. The van der Waals surface area contributed by atoms with E-state index >= 15 is 0 Å². The molecule has 0 aliphatic heterocycles. The molecule has 0 saturated carbocycles. The van der Waals surface area contributed by atoms with Gasteiger partial charge in [-0.3, -0.25) is 4.79 Å². The minimum Gasteiger partial charge on any atom is -0.491 e. The summed E-state index contributed by atoms with van der Waals surface area (Å²) in [6.45, 7) is 9.57. The molecule has 1 N–H and O–H groups in total. The molecule has 29 heavy (non-hydrogen) atoms. The van der Waals surface area contributed by atoms with Crippen LogP contribution in [0.2, 0.25) is 0 Å². The average Bonchev–Trinajstić information content (AvgIpc) is 3.13. The first-order valence-electron chi connectivity index (χ1n) is 9.48. The second kappa shape index (κ2) is 8.77. The molecule has 1 amide bonds. The van der Waals surface area contributed by atoms with E-state index in [4.69, 9.17) is 14.1 Å². The quantitative estimate of drug-likeness (QED) is 0.632. The fourth-order valence-electron chi connectivity index (χ4n) is 2.74. The molecule has 0 bridgehead atoms. The molecule has 3 aromatic rings. The Kier molecular flexibility index (Phi) is 6.16. The molecule has 7 nitrogen and oxygen atoms in total. The van der Waals surface area contributed by atoms with E-state index in [1.165, 1.54) is 0 Å². The highest BCUT2D eigenvalue weighted by Crippen LogP contribution is 2.27. The number of carbonyl (C=O) groups is 1. The van der Waals surface area contributed by atoms with Crippen LogP contribution >= 0.6 is 0 Å². The van der Waals surface area contributed by atoms with Gasteiger partial charge in [-0.2, -0.15) is 0 Å². The maximum absolute atomic E-state index is 12.6. The van der Waals surface area contributed by atoms with Crippen LogP contribution in [0.15, 0.2) is 47.1 Å². The van der Waals surface area contributed by atoms with E-state index in [2.05, 4.69) is 15.6 Å². The second-order valence-electron chi connectivity index (χ2n) is 7.10. The van der Waals surface area contributed by atoms with Gasteiger partial charge in [-0.15, -0.1) is 0 Å². The fourth-order valence-corrected chi connectivity index (χ4v) is 2.74. The number of nitrogens with one attached hydrogen (secondary N) is 1. The van der Waals surface area contributed by atoms with Gasteiger partial charge in [-0.25, -0.2) is 4.63 Å². The molecule has 1 atom stereocenters. The molecule has 0 aliphatic carbocycles. The van der Waals surface area contributed by atoms with E-state index in [0.717, 1.165) is 22.4 Å². The number of carbonyl (C=O) groups excluding carboxylic acids is 1. The number of ether oxygens (including phenoxy) is 2. The Hall–Kier alpha value is -3.35. The third-order valence-electron chi connectivity index (χ3n) is 4.46. The smallest absolute Gasteiger partial charge is 0.266 e. The number of hydrogen-bond acceptors (Lipinski definition) is 6. The summed E-state index contributed by atoms with van der Waals surface area (Å²) in [4.78, 5) is 12.6. The standard InChI is InChI=1S/C22H25N3O4/c1-13(2)27-18-11-9-17(10-12-18)20-21(25-29-24-20)23-22(26)16(5)28-19-8-6-7-14(3)15(19)4/h6-13,16H,1-5H3,(H,23,25,26). The van der Waals surface area contributed by atoms with Crippen LogP contribution in [-0.4, -0.2) is 28.4 Å². The van der Waals surface area contributed by atoms with Crippen LogP contribution in [0, 0.1) is 13.8 Å². The number of benzene rings is 2. The van der Waals surface area contributed by atoms with Crippen molar-refractivity contribution in [3.63, 3.8) is 0 Å². The molecular weight excluding hydrogens is 370 g/mol. The molecule has 0 fully saturated rings. The van der Waals surface area contributed by atoms with E-state index in [9.17, 15) is 4.79 Å². The molecule has 0 radical (unpaired) electrons. The minimum absolute atomic E-state index is 0.0861. The molecule has 0 aliphatic rings. The zero-order valence-electron chi connectivity index (χ0n) is 17.2. The van der Waals surface area contributed by atoms with Crippen molar-refractivity contribution in [3.8, 4) is 22.8 Å². The van der Waals surface area contributed by atoms with Gasteiger partial charge in [0.05, 0.1) is 6.10 Å². The van der Waals surface area contributed by atoms with Gasteiger partial charge in [0.25, 0.3) is 5.91 Å². The van der Waals surface area contributed by atoms with Crippen LogP contribution in [0.4, 0.5) is 5.82 Å². The predicted molar refractivity (Wildman–Crippen MR) is 110 cm³/mol. The monoisotopic (exact) mass is 395 g/mol. The summed E-state index contributed by atoms with van der Waals surface area (Å²) in [6, 6.07) is 13.1. The van der Waals surface area contributed by atoms with E-state index in [0.29, 0.717) is 11.4 Å². The van der Waals surface area contributed by atoms with E-state index in [1.54, 1.807) is 6.92 Å². The molecule has 3 rings (SSSR count). The zero-order chi connectivity index (χ0) is 21.0. The van der Waals surface area contributed by atoms with Gasteiger partial charge in [-0.05, 0) is 86.4 Å². The molecule has 1 unspecified atom stereocenters. The van der Waals surface area contributed by atoms with E-state index < -0.39 is 6.10 Å². The number of aromatic nitrogens is 2. The molecular formula is C22H25N3O4. The van der Waals surface area contributed by atoms with Gasteiger partial charge in [0.15, 0.2) is 11.8 Å². The van der Waals surface area contributed by atoms with Crippen molar-refractivity contribution in [2.45, 2.75) is 46.8 Å². The highest BCUT2D eigenvalue weighted by atomic mass is 16.6. The lowest BCUT2D eigenvalue weighted by Crippen LogP contribution is -2.30. The summed E-state index contributed by atoms with van der Waals surface area (Å²) in [5, 5.41) is 10.5. The van der Waals surface area contributed by atoms with Crippen LogP contribution in [0.1, 0.15) is 31.9 Å². The van der Waals surface area contributed by atoms with Crippen LogP contribution in [0.5, 0.6) is 11.5 Å². The predicted octanol–water partition coefficient (Wildman–Crippen LogP) is 4.55. The molecule has 152 valence electrons. The zero-order valence-corrected chi connectivity index (χ0v) is 17.2. The first kappa shape index (κ1) is 20.4. The summed E-state index contributed by atoms with van der Waals surface area (Å²) >= 11 is 0. The van der Waals surface area contributed by atoms with Crippen LogP contribution in [0.3, 0.4) is 0 Å². The average molecular weight is 395 g/mol. The van der Waals surface area contributed by atoms with E-state index in [1.807, 2.05) is 70.2 Å². The highest BCUT2D eigenvalue weighted by molar-refractivity contribution is 5.96. The van der Waals surface area contributed by atoms with Crippen molar-refractivity contribution in [2.24, 2.45) is 0 Å². The first-order chi connectivity index (χ1) is 13.8. The Balaban J connectivity index is 1.70. The topological polar surface area (TPSA) is 86.5 Å². The fraction of sp³-hybridized carbons (Fsp3) is 0.318. The molecule has 2 aromatic carbocycles. The summed E-state index contributed by atoms with van der Waals surface area (Å²) in [6.07, 6.45) is -0.634. The summed E-state index contributed by atoms with van der Waals surface area (Å²) in [5.74, 6) is 1.32. The lowest BCUT2D eigenvalue weighted by molar-refractivity contribution is -0.122. The highest BCUT2D eigenvalue weighted by Gasteiger charge is 2.21. The lowest BCUT2D eigenvalue weighted by Gasteiger charge is -2.16. The van der Waals surface area contributed by atoms with Crippen molar-refractivity contribution in [2.75, 3.05) is 5.32 Å². The number of anilines is 1. The van der Waals surface area contributed by atoms with Crippen LogP contribution < -0.4 is 14.8 Å². The van der Waals surface area contributed by atoms with Crippen LogP contribution in [0.25, 0.3) is 11.3 Å². The first-order valence-corrected chi connectivity index (χ1v) is 9.48. The Morgan fingerprint density at radius 1 is 1.00 bits per heavy atom. The van der Waals surface area contributed by atoms with Gasteiger partial charge >= 0.3 is 0 Å². The Morgan fingerprint density at radius 3 is 2.41 bits per heavy atom. The molecule has 0 saturated heterocycles. The van der Waals surface area contributed by atoms with Crippen molar-refractivity contribution in [3.05, 3.63) is 53.6 Å². The second-order valence-corrected chi connectivity index (χ2v) is 7.10. The Labute approximate surface area is 170 Å². The summed E-state index contributed by atoms with van der Waals surface area (Å²) < 4.78 is 16.3. The van der Waals surface area contributed by atoms with Gasteiger partial charge in [0.2, 0.25) is 5.82 Å². The van der Waals surface area contributed by atoms with Gasteiger partial charge < -0.3 is 14.8 Å². The third-order valence-corrected chi connectivity index (χ3v) is 4.46. The summed E-state index contributed by atoms with van der Waals surface area (Å²) in [7, 11) is 0. The Bertz CT molecular complexity index is 980.